The zero-order valence-corrected chi connectivity index (χ0v) is 13.3. The Hall–Kier alpha value is -1.75. The van der Waals surface area contributed by atoms with Crippen LogP contribution in [0.25, 0.3) is 10.9 Å². The number of fused-ring (bicyclic) bond motifs is 1. The number of benzene rings is 2. The number of hydrazine groups is 1. The van der Waals surface area contributed by atoms with Crippen LogP contribution in [0.2, 0.25) is 0 Å². The van der Waals surface area contributed by atoms with Crippen molar-refractivity contribution in [1.29, 1.82) is 0 Å². The van der Waals surface area contributed by atoms with E-state index in [0.29, 0.717) is 0 Å². The molecule has 0 saturated heterocycles. The zero-order chi connectivity index (χ0) is 14.8. The van der Waals surface area contributed by atoms with Gasteiger partial charge < -0.3 is 0 Å². The molecule has 3 rings (SSSR count). The second-order valence-corrected chi connectivity index (χ2v) is 5.83. The van der Waals surface area contributed by atoms with E-state index in [4.69, 9.17) is 5.84 Å². The fourth-order valence-electron chi connectivity index (χ4n) is 2.53. The number of rotatable bonds is 3. The molecule has 0 amide bonds. The third-order valence-corrected chi connectivity index (χ3v) is 4.74. The highest BCUT2D eigenvalue weighted by Crippen LogP contribution is 2.31. The first kappa shape index (κ1) is 14.2. The molecule has 0 bridgehead atoms. The summed E-state index contributed by atoms with van der Waals surface area (Å²) in [6, 6.07) is 16.4. The van der Waals surface area contributed by atoms with E-state index >= 15 is 0 Å². The fourth-order valence-corrected chi connectivity index (χ4v) is 3.03. The smallest absolute Gasteiger partial charge is 0.0721 e. The van der Waals surface area contributed by atoms with Crippen LogP contribution in [0.4, 0.5) is 0 Å². The Morgan fingerprint density at radius 1 is 1.14 bits per heavy atom. The molecule has 1 unspecified atom stereocenters. The summed E-state index contributed by atoms with van der Waals surface area (Å²) < 4.78 is 1.08. The Kier molecular flexibility index (Phi) is 4.01. The Bertz CT molecular complexity index is 786. The number of hydrogen-bond donors (Lipinski definition) is 2. The van der Waals surface area contributed by atoms with E-state index < -0.39 is 0 Å². The quantitative estimate of drug-likeness (QED) is 0.561. The van der Waals surface area contributed by atoms with Gasteiger partial charge in [0.1, 0.15) is 0 Å². The van der Waals surface area contributed by atoms with Crippen molar-refractivity contribution >= 4 is 26.8 Å². The van der Waals surface area contributed by atoms with Crippen LogP contribution in [-0.4, -0.2) is 4.98 Å². The van der Waals surface area contributed by atoms with Crippen molar-refractivity contribution in [2.75, 3.05) is 0 Å². The van der Waals surface area contributed by atoms with Crippen LogP contribution in [-0.2, 0) is 0 Å². The van der Waals surface area contributed by atoms with Gasteiger partial charge in [0.2, 0.25) is 0 Å². The summed E-state index contributed by atoms with van der Waals surface area (Å²) in [4.78, 5) is 4.35. The van der Waals surface area contributed by atoms with Gasteiger partial charge in [-0.05, 0) is 41.8 Å². The van der Waals surface area contributed by atoms with Crippen LogP contribution in [0.5, 0.6) is 0 Å². The Balaban J connectivity index is 2.11. The van der Waals surface area contributed by atoms with Crippen molar-refractivity contribution in [1.82, 2.24) is 10.4 Å². The summed E-state index contributed by atoms with van der Waals surface area (Å²) in [5.41, 5.74) is 7.33. The molecule has 1 heterocycles. The summed E-state index contributed by atoms with van der Waals surface area (Å²) >= 11 is 3.66. The number of nitrogens with two attached hydrogens (primary N) is 1. The minimum Gasteiger partial charge on any atom is -0.271 e. The zero-order valence-electron chi connectivity index (χ0n) is 11.7. The molecule has 4 heteroatoms. The van der Waals surface area contributed by atoms with E-state index in [9.17, 15) is 0 Å². The van der Waals surface area contributed by atoms with E-state index in [2.05, 4.69) is 63.6 Å². The molecule has 21 heavy (non-hydrogen) atoms. The Labute approximate surface area is 132 Å². The molecule has 3 aromatic rings. The molecule has 0 fully saturated rings. The van der Waals surface area contributed by atoms with Crippen molar-refractivity contribution in [2.45, 2.75) is 13.0 Å². The molecule has 3 N–H and O–H groups in total. The second kappa shape index (κ2) is 5.93. The number of nitrogens with one attached hydrogen (secondary N) is 1. The van der Waals surface area contributed by atoms with Gasteiger partial charge in [0.15, 0.2) is 0 Å². The SMILES string of the molecule is Cc1cccc(C(NN)c2ccc3ncccc3c2)c1Br. The van der Waals surface area contributed by atoms with Gasteiger partial charge in [-0.2, -0.15) is 0 Å². The number of pyridine rings is 1. The van der Waals surface area contributed by atoms with Crippen LogP contribution in [0.3, 0.4) is 0 Å². The molecular formula is C17H16BrN3. The molecule has 1 atom stereocenters. The molecule has 1 aromatic heterocycles. The van der Waals surface area contributed by atoms with Gasteiger partial charge in [0.05, 0.1) is 11.6 Å². The normalized spacial score (nSPS) is 12.5. The van der Waals surface area contributed by atoms with Gasteiger partial charge in [-0.25, -0.2) is 5.43 Å². The van der Waals surface area contributed by atoms with E-state index in [0.717, 1.165) is 26.5 Å². The number of aryl methyl sites for hydroxylation is 1. The first-order chi connectivity index (χ1) is 10.2. The number of halogens is 1. The highest BCUT2D eigenvalue weighted by Gasteiger charge is 2.16. The minimum atomic E-state index is -0.0659. The van der Waals surface area contributed by atoms with Crippen molar-refractivity contribution in [3.8, 4) is 0 Å². The van der Waals surface area contributed by atoms with E-state index in [-0.39, 0.29) is 6.04 Å². The van der Waals surface area contributed by atoms with Crippen molar-refractivity contribution < 1.29 is 0 Å². The van der Waals surface area contributed by atoms with E-state index in [1.54, 1.807) is 6.20 Å². The van der Waals surface area contributed by atoms with E-state index in [1.807, 2.05) is 18.2 Å². The molecule has 0 radical (unpaired) electrons. The Morgan fingerprint density at radius 2 is 2.00 bits per heavy atom. The largest absolute Gasteiger partial charge is 0.271 e. The topological polar surface area (TPSA) is 50.9 Å². The van der Waals surface area contributed by atoms with Crippen molar-refractivity contribution in [2.24, 2.45) is 5.84 Å². The number of hydrogen-bond acceptors (Lipinski definition) is 3. The minimum absolute atomic E-state index is 0.0659. The number of aromatic nitrogens is 1. The molecule has 0 spiro atoms. The molecule has 0 saturated carbocycles. The van der Waals surface area contributed by atoms with Crippen LogP contribution >= 0.6 is 15.9 Å². The van der Waals surface area contributed by atoms with Crippen LogP contribution < -0.4 is 11.3 Å². The standard InChI is InChI=1S/C17H16BrN3/c1-11-4-2-6-14(16(11)18)17(21-19)13-7-8-15-12(10-13)5-3-9-20-15/h2-10,17,21H,19H2,1H3. The molecule has 0 aliphatic heterocycles. The summed E-state index contributed by atoms with van der Waals surface area (Å²) in [6.07, 6.45) is 1.80. The maximum Gasteiger partial charge on any atom is 0.0721 e. The number of nitrogens with zero attached hydrogens (tertiary/aromatic N) is 1. The van der Waals surface area contributed by atoms with Crippen LogP contribution in [0.1, 0.15) is 22.7 Å². The first-order valence-corrected chi connectivity index (χ1v) is 7.56. The van der Waals surface area contributed by atoms with Gasteiger partial charge in [-0.3, -0.25) is 10.8 Å². The van der Waals surface area contributed by atoms with Gasteiger partial charge in [0, 0.05) is 16.1 Å². The maximum absolute atomic E-state index is 5.81. The highest BCUT2D eigenvalue weighted by molar-refractivity contribution is 9.10. The summed E-state index contributed by atoms with van der Waals surface area (Å²) in [5.74, 6) is 5.81. The van der Waals surface area contributed by atoms with Crippen LogP contribution in [0.15, 0.2) is 59.2 Å². The molecule has 0 aliphatic rings. The van der Waals surface area contributed by atoms with Crippen molar-refractivity contribution in [3.63, 3.8) is 0 Å². The highest BCUT2D eigenvalue weighted by atomic mass is 79.9. The van der Waals surface area contributed by atoms with E-state index in [1.165, 1.54) is 5.56 Å². The lowest BCUT2D eigenvalue weighted by Gasteiger charge is -2.19. The average molecular weight is 342 g/mol. The third kappa shape index (κ3) is 2.70. The van der Waals surface area contributed by atoms with Gasteiger partial charge in [-0.1, -0.05) is 46.3 Å². The molecule has 3 nitrogen and oxygen atoms in total. The molecule has 0 aliphatic carbocycles. The van der Waals surface area contributed by atoms with Gasteiger partial charge in [0.25, 0.3) is 0 Å². The summed E-state index contributed by atoms with van der Waals surface area (Å²) in [7, 11) is 0. The second-order valence-electron chi connectivity index (χ2n) is 5.03. The maximum atomic E-state index is 5.81. The molecular weight excluding hydrogens is 326 g/mol. The third-order valence-electron chi connectivity index (χ3n) is 3.66. The molecule has 106 valence electrons. The lowest BCUT2D eigenvalue weighted by Crippen LogP contribution is -2.29. The fraction of sp³-hybridized carbons (Fsp3) is 0.118. The molecule has 2 aromatic carbocycles. The predicted octanol–water partition coefficient (Wildman–Crippen LogP) is 3.86. The lowest BCUT2D eigenvalue weighted by atomic mass is 9.96. The summed E-state index contributed by atoms with van der Waals surface area (Å²) in [6.45, 7) is 2.07. The van der Waals surface area contributed by atoms with Crippen LogP contribution in [0, 0.1) is 6.92 Å². The predicted molar refractivity (Wildman–Crippen MR) is 89.8 cm³/mol. The summed E-state index contributed by atoms with van der Waals surface area (Å²) in [5, 5.41) is 1.11. The average Bonchev–Trinajstić information content (AvgIpc) is 2.52. The Morgan fingerprint density at radius 3 is 2.81 bits per heavy atom. The first-order valence-electron chi connectivity index (χ1n) is 6.76. The monoisotopic (exact) mass is 341 g/mol. The van der Waals surface area contributed by atoms with Gasteiger partial charge in [-0.15, -0.1) is 0 Å². The van der Waals surface area contributed by atoms with Crippen molar-refractivity contribution in [3.05, 3.63) is 75.9 Å². The lowest BCUT2D eigenvalue weighted by molar-refractivity contribution is 0.635. The van der Waals surface area contributed by atoms with Gasteiger partial charge >= 0.3 is 0 Å².